The van der Waals surface area contributed by atoms with Crippen molar-refractivity contribution >= 4 is 23.7 Å². The first-order chi connectivity index (χ1) is 14.3. The Kier molecular flexibility index (Phi) is 6.72. The summed E-state index contributed by atoms with van der Waals surface area (Å²) in [5, 5.41) is 11.4. The third-order valence-electron chi connectivity index (χ3n) is 4.45. The van der Waals surface area contributed by atoms with Gasteiger partial charge < -0.3 is 18.9 Å². The highest BCUT2D eigenvalue weighted by Crippen LogP contribution is 2.37. The van der Waals surface area contributed by atoms with Gasteiger partial charge in [0, 0.05) is 18.2 Å². The van der Waals surface area contributed by atoms with Gasteiger partial charge in [-0.15, -0.1) is 0 Å². The van der Waals surface area contributed by atoms with Crippen LogP contribution in [0.3, 0.4) is 0 Å². The Morgan fingerprint density at radius 2 is 1.87 bits per heavy atom. The predicted octanol–water partition coefficient (Wildman–Crippen LogP) is 1.77. The van der Waals surface area contributed by atoms with Crippen LogP contribution in [0.25, 0.3) is 0 Å². The lowest BCUT2D eigenvalue weighted by atomic mass is 10.00. The van der Waals surface area contributed by atoms with E-state index < -0.39 is 58.3 Å². The fraction of sp³-hybridized carbons (Fsp3) is 0.579. The molecule has 0 aliphatic carbocycles. The molecule has 0 saturated carbocycles. The molecule has 1 fully saturated rings. The Balaban J connectivity index is 2.53. The quantitative estimate of drug-likeness (QED) is 0.288. The molecule has 1 saturated heterocycles. The molecule has 0 radical (unpaired) electrons. The summed E-state index contributed by atoms with van der Waals surface area (Å²) in [5.74, 6) is -2.19. The number of nitrogens with zero attached hydrogens (tertiary/aromatic N) is 3. The molecular formula is C19H25N3O9. The SMILES string of the molecule is COC(=O)[C@@H]1CC(Oc2nc(C)ccc2[N+](=O)[O-])(C(=O)OC)CN1C(=O)OC(C)(C)C. The fourth-order valence-corrected chi connectivity index (χ4v) is 3.11. The summed E-state index contributed by atoms with van der Waals surface area (Å²) in [5.41, 5.74) is -2.92. The summed E-state index contributed by atoms with van der Waals surface area (Å²) in [6.45, 7) is 6.02. The molecule has 1 aliphatic heterocycles. The smallest absolute Gasteiger partial charge is 0.411 e. The second-order valence-electron chi connectivity index (χ2n) is 7.97. The van der Waals surface area contributed by atoms with E-state index in [0.29, 0.717) is 5.69 Å². The maximum atomic E-state index is 12.7. The van der Waals surface area contributed by atoms with E-state index in [1.54, 1.807) is 27.7 Å². The summed E-state index contributed by atoms with van der Waals surface area (Å²) >= 11 is 0. The Labute approximate surface area is 178 Å². The van der Waals surface area contributed by atoms with Crippen LogP contribution < -0.4 is 4.74 Å². The predicted molar refractivity (Wildman–Crippen MR) is 104 cm³/mol. The molecule has 170 valence electrons. The summed E-state index contributed by atoms with van der Waals surface area (Å²) in [7, 11) is 2.22. The number of amides is 1. The average molecular weight is 439 g/mol. The number of ether oxygens (including phenoxy) is 4. The van der Waals surface area contributed by atoms with E-state index in [9.17, 15) is 24.5 Å². The zero-order chi connectivity index (χ0) is 23.6. The summed E-state index contributed by atoms with van der Waals surface area (Å²) in [6.07, 6.45) is -1.26. The molecule has 0 spiro atoms. The number of hydrogen-bond donors (Lipinski definition) is 0. The Hall–Kier alpha value is -3.44. The first kappa shape index (κ1) is 23.8. The number of carbonyl (C=O) groups is 3. The number of rotatable bonds is 5. The number of esters is 2. The molecule has 0 aromatic carbocycles. The van der Waals surface area contributed by atoms with Crippen molar-refractivity contribution in [1.29, 1.82) is 0 Å². The number of pyridine rings is 1. The minimum atomic E-state index is -1.95. The van der Waals surface area contributed by atoms with Crippen molar-refractivity contribution in [1.82, 2.24) is 9.88 Å². The van der Waals surface area contributed by atoms with Crippen LogP contribution >= 0.6 is 0 Å². The fourth-order valence-electron chi connectivity index (χ4n) is 3.11. The molecule has 2 heterocycles. The molecule has 1 aromatic rings. The van der Waals surface area contributed by atoms with Gasteiger partial charge in [-0.05, 0) is 33.8 Å². The monoisotopic (exact) mass is 439 g/mol. The van der Waals surface area contributed by atoms with Gasteiger partial charge in [0.15, 0.2) is 0 Å². The molecule has 1 aliphatic rings. The summed E-state index contributed by atoms with van der Waals surface area (Å²) in [4.78, 5) is 53.5. The largest absolute Gasteiger partial charge is 0.467 e. The normalized spacial score (nSPS) is 20.7. The van der Waals surface area contributed by atoms with Crippen LogP contribution in [0.4, 0.5) is 10.5 Å². The van der Waals surface area contributed by atoms with Gasteiger partial charge in [0.2, 0.25) is 5.60 Å². The highest BCUT2D eigenvalue weighted by molar-refractivity contribution is 5.88. The van der Waals surface area contributed by atoms with Gasteiger partial charge in [0.1, 0.15) is 11.6 Å². The van der Waals surface area contributed by atoms with Crippen molar-refractivity contribution in [2.45, 2.75) is 51.4 Å². The van der Waals surface area contributed by atoms with Crippen LogP contribution in [0.1, 0.15) is 32.9 Å². The van der Waals surface area contributed by atoms with E-state index in [4.69, 9.17) is 18.9 Å². The zero-order valence-electron chi connectivity index (χ0n) is 18.2. The molecule has 2 rings (SSSR count). The van der Waals surface area contributed by atoms with Crippen LogP contribution in [-0.4, -0.2) is 70.8 Å². The maximum absolute atomic E-state index is 12.7. The molecule has 0 N–H and O–H groups in total. The lowest BCUT2D eigenvalue weighted by Crippen LogP contribution is -2.49. The number of likely N-dealkylation sites (tertiary alicyclic amines) is 1. The van der Waals surface area contributed by atoms with E-state index in [1.807, 2.05) is 0 Å². The third kappa shape index (κ3) is 5.19. The van der Waals surface area contributed by atoms with Crippen LogP contribution in [0.5, 0.6) is 5.88 Å². The zero-order valence-corrected chi connectivity index (χ0v) is 18.2. The number of nitro groups is 1. The molecule has 12 nitrogen and oxygen atoms in total. The Morgan fingerprint density at radius 3 is 2.39 bits per heavy atom. The van der Waals surface area contributed by atoms with Crippen molar-refractivity contribution < 1.29 is 38.3 Å². The Morgan fingerprint density at radius 1 is 1.23 bits per heavy atom. The van der Waals surface area contributed by atoms with Crippen molar-refractivity contribution in [3.05, 3.63) is 27.9 Å². The van der Waals surface area contributed by atoms with Gasteiger partial charge >= 0.3 is 23.7 Å². The standard InChI is InChI=1S/C19H25N3O9/c1-11-7-8-12(22(26)27)14(20-11)30-19(16(24)29-6)9-13(15(23)28-5)21(10-19)17(25)31-18(2,3)4/h7-8,13H,9-10H2,1-6H3/t13-,19?/m0/s1. The molecule has 0 bridgehead atoms. The van der Waals surface area contributed by atoms with Gasteiger partial charge in [0.25, 0.3) is 5.88 Å². The number of carbonyl (C=O) groups excluding carboxylic acids is 3. The van der Waals surface area contributed by atoms with Gasteiger partial charge in [-0.25, -0.2) is 19.4 Å². The van der Waals surface area contributed by atoms with E-state index in [0.717, 1.165) is 19.1 Å². The van der Waals surface area contributed by atoms with Crippen LogP contribution in [0.15, 0.2) is 12.1 Å². The lowest BCUT2D eigenvalue weighted by Gasteiger charge is -2.28. The molecule has 2 atom stereocenters. The molecule has 12 heteroatoms. The second-order valence-corrected chi connectivity index (χ2v) is 7.97. The minimum Gasteiger partial charge on any atom is -0.467 e. The van der Waals surface area contributed by atoms with Crippen LogP contribution in [-0.2, 0) is 23.8 Å². The molecule has 31 heavy (non-hydrogen) atoms. The van der Waals surface area contributed by atoms with Crippen LogP contribution in [0, 0.1) is 17.0 Å². The first-order valence-corrected chi connectivity index (χ1v) is 9.30. The van der Waals surface area contributed by atoms with E-state index in [1.165, 1.54) is 12.1 Å². The van der Waals surface area contributed by atoms with E-state index in [2.05, 4.69) is 4.98 Å². The average Bonchev–Trinajstić information content (AvgIpc) is 3.06. The van der Waals surface area contributed by atoms with E-state index in [-0.39, 0.29) is 6.42 Å². The Bertz CT molecular complexity index is 896. The third-order valence-corrected chi connectivity index (χ3v) is 4.45. The minimum absolute atomic E-state index is 0.377. The number of hydrogen-bond acceptors (Lipinski definition) is 10. The highest BCUT2D eigenvalue weighted by Gasteiger charge is 2.58. The van der Waals surface area contributed by atoms with Crippen molar-refractivity contribution in [2.24, 2.45) is 0 Å². The van der Waals surface area contributed by atoms with E-state index >= 15 is 0 Å². The van der Waals surface area contributed by atoms with Crippen molar-refractivity contribution in [2.75, 3.05) is 20.8 Å². The van der Waals surface area contributed by atoms with Crippen molar-refractivity contribution in [3.8, 4) is 5.88 Å². The summed E-state index contributed by atoms with van der Waals surface area (Å²) in [6, 6.07) is 1.35. The van der Waals surface area contributed by atoms with Gasteiger partial charge in [0.05, 0.1) is 25.7 Å². The molecule has 1 amide bonds. The summed E-state index contributed by atoms with van der Waals surface area (Å²) < 4.78 is 20.7. The number of aromatic nitrogens is 1. The number of aryl methyl sites for hydroxylation is 1. The first-order valence-electron chi connectivity index (χ1n) is 9.30. The molecule has 1 aromatic heterocycles. The molecule has 1 unspecified atom stereocenters. The maximum Gasteiger partial charge on any atom is 0.411 e. The van der Waals surface area contributed by atoms with Gasteiger partial charge in [-0.2, -0.15) is 0 Å². The number of methoxy groups -OCH3 is 2. The topological polar surface area (TPSA) is 147 Å². The highest BCUT2D eigenvalue weighted by atomic mass is 16.6. The molecular weight excluding hydrogens is 414 g/mol. The van der Waals surface area contributed by atoms with Gasteiger partial charge in [-0.3, -0.25) is 15.0 Å². The van der Waals surface area contributed by atoms with Crippen LogP contribution in [0.2, 0.25) is 0 Å². The second kappa shape index (κ2) is 8.74. The lowest BCUT2D eigenvalue weighted by molar-refractivity contribution is -0.386. The van der Waals surface area contributed by atoms with Crippen molar-refractivity contribution in [3.63, 3.8) is 0 Å². The van der Waals surface area contributed by atoms with Gasteiger partial charge in [-0.1, -0.05) is 0 Å².